The number of aromatic nitrogens is 3. The maximum absolute atomic E-state index is 12.6. The number of thiazole rings is 1. The van der Waals surface area contributed by atoms with Crippen LogP contribution in [-0.2, 0) is 6.42 Å². The smallest absolute Gasteiger partial charge is 0.265 e. The van der Waals surface area contributed by atoms with Gasteiger partial charge in [-0.15, -0.1) is 11.3 Å². The summed E-state index contributed by atoms with van der Waals surface area (Å²) in [6.45, 7) is 4.29. The van der Waals surface area contributed by atoms with Crippen LogP contribution in [0, 0.1) is 0 Å². The fourth-order valence-corrected chi connectivity index (χ4v) is 3.37. The Morgan fingerprint density at radius 1 is 1.48 bits per heavy atom. The van der Waals surface area contributed by atoms with Gasteiger partial charge in [0.25, 0.3) is 5.91 Å². The molecular formula is C14H19N5OS. The number of likely N-dealkylation sites (N-methyl/N-ethyl adjacent to an activating group) is 1. The van der Waals surface area contributed by atoms with Gasteiger partial charge in [0, 0.05) is 32.0 Å². The van der Waals surface area contributed by atoms with Gasteiger partial charge in [-0.1, -0.05) is 6.92 Å². The second-order valence-corrected chi connectivity index (χ2v) is 6.31. The number of carbonyl (C=O) groups excluding carboxylic acids is 1. The van der Waals surface area contributed by atoms with Gasteiger partial charge in [0.05, 0.1) is 17.2 Å². The van der Waals surface area contributed by atoms with Crippen molar-refractivity contribution >= 4 is 17.2 Å². The summed E-state index contributed by atoms with van der Waals surface area (Å²) in [5.41, 5.74) is 0. The second kappa shape index (κ2) is 5.95. The number of nitrogens with zero attached hydrogens (tertiary/aromatic N) is 4. The Labute approximate surface area is 127 Å². The number of H-pyrrole nitrogens is 1. The largest absolute Gasteiger partial charge is 0.347 e. The lowest BCUT2D eigenvalue weighted by atomic mass is 10.1. The van der Waals surface area contributed by atoms with E-state index in [1.165, 1.54) is 11.3 Å². The Kier molecular flexibility index (Phi) is 4.03. The van der Waals surface area contributed by atoms with E-state index in [0.717, 1.165) is 35.2 Å². The van der Waals surface area contributed by atoms with Crippen molar-refractivity contribution in [1.82, 2.24) is 24.8 Å². The minimum absolute atomic E-state index is 0.0804. The lowest BCUT2D eigenvalue weighted by Gasteiger charge is -2.38. The number of carbonyl (C=O) groups is 1. The fourth-order valence-electron chi connectivity index (χ4n) is 2.54. The normalized spacial score (nSPS) is 19.9. The van der Waals surface area contributed by atoms with Crippen LogP contribution in [-0.4, -0.2) is 57.3 Å². The average Bonchev–Trinajstić information content (AvgIpc) is 3.18. The number of nitrogens with one attached hydrogen (secondary N) is 1. The fraction of sp³-hybridized carbons (Fsp3) is 0.500. The number of piperazine rings is 1. The van der Waals surface area contributed by atoms with E-state index < -0.39 is 0 Å². The Balaban J connectivity index is 1.75. The van der Waals surface area contributed by atoms with E-state index >= 15 is 0 Å². The van der Waals surface area contributed by atoms with E-state index in [4.69, 9.17) is 0 Å². The Bertz CT molecular complexity index is 609. The van der Waals surface area contributed by atoms with Crippen LogP contribution in [0.25, 0.3) is 0 Å². The maximum Gasteiger partial charge on any atom is 0.265 e. The van der Waals surface area contributed by atoms with Crippen LogP contribution < -0.4 is 0 Å². The van der Waals surface area contributed by atoms with E-state index in [1.807, 2.05) is 11.1 Å². The van der Waals surface area contributed by atoms with Crippen molar-refractivity contribution in [2.75, 3.05) is 26.7 Å². The van der Waals surface area contributed by atoms with Gasteiger partial charge in [-0.25, -0.2) is 9.97 Å². The minimum atomic E-state index is 0.0804. The van der Waals surface area contributed by atoms with Gasteiger partial charge in [-0.05, 0) is 13.5 Å². The van der Waals surface area contributed by atoms with Gasteiger partial charge in [0.1, 0.15) is 10.7 Å². The van der Waals surface area contributed by atoms with Crippen LogP contribution in [0.3, 0.4) is 0 Å². The molecule has 3 heterocycles. The summed E-state index contributed by atoms with van der Waals surface area (Å²) >= 11 is 1.49. The molecule has 1 aliphatic heterocycles. The summed E-state index contributed by atoms with van der Waals surface area (Å²) in [6, 6.07) is 0.122. The van der Waals surface area contributed by atoms with Crippen molar-refractivity contribution < 1.29 is 4.79 Å². The standard InChI is InChI=1S/C14H19N5OS/c1-3-12-17-8-11(21-12)14(20)19-7-6-18(2)10(9-19)13-15-4-5-16-13/h4-5,8,10H,3,6-7,9H2,1-2H3,(H,15,16)/t10-/m0/s1. The molecule has 3 rings (SSSR count). The molecule has 0 radical (unpaired) electrons. The molecule has 1 fully saturated rings. The van der Waals surface area contributed by atoms with E-state index in [-0.39, 0.29) is 11.9 Å². The van der Waals surface area contributed by atoms with Crippen molar-refractivity contribution in [2.45, 2.75) is 19.4 Å². The highest BCUT2D eigenvalue weighted by Gasteiger charge is 2.30. The number of hydrogen-bond donors (Lipinski definition) is 1. The zero-order valence-electron chi connectivity index (χ0n) is 12.2. The molecule has 112 valence electrons. The third-order valence-electron chi connectivity index (χ3n) is 3.84. The summed E-state index contributed by atoms with van der Waals surface area (Å²) in [6.07, 6.45) is 6.14. The molecule has 0 unspecified atom stereocenters. The molecule has 1 saturated heterocycles. The highest BCUT2D eigenvalue weighted by atomic mass is 32.1. The third kappa shape index (κ3) is 2.84. The zero-order chi connectivity index (χ0) is 14.8. The van der Waals surface area contributed by atoms with Crippen LogP contribution in [0.2, 0.25) is 0 Å². The first-order chi connectivity index (χ1) is 10.2. The molecule has 1 amide bonds. The van der Waals surface area contributed by atoms with Crippen LogP contribution in [0.5, 0.6) is 0 Å². The summed E-state index contributed by atoms with van der Waals surface area (Å²) < 4.78 is 0. The maximum atomic E-state index is 12.6. The molecule has 0 aliphatic carbocycles. The first-order valence-corrected chi connectivity index (χ1v) is 7.94. The van der Waals surface area contributed by atoms with E-state index in [1.54, 1.807) is 12.4 Å². The second-order valence-electron chi connectivity index (χ2n) is 5.19. The molecule has 0 aromatic carbocycles. The summed E-state index contributed by atoms with van der Waals surface area (Å²) in [5, 5.41) is 1.01. The Morgan fingerprint density at radius 2 is 2.33 bits per heavy atom. The van der Waals surface area contributed by atoms with Gasteiger partial charge < -0.3 is 9.88 Å². The predicted molar refractivity (Wildman–Crippen MR) is 81.4 cm³/mol. The molecule has 1 atom stereocenters. The van der Waals surface area contributed by atoms with Crippen LogP contribution in [0.1, 0.15) is 33.5 Å². The number of aryl methyl sites for hydroxylation is 1. The van der Waals surface area contributed by atoms with Crippen molar-refractivity contribution in [1.29, 1.82) is 0 Å². The van der Waals surface area contributed by atoms with Gasteiger partial charge in [-0.2, -0.15) is 0 Å². The minimum Gasteiger partial charge on any atom is -0.347 e. The summed E-state index contributed by atoms with van der Waals surface area (Å²) in [5.74, 6) is 0.991. The molecule has 1 N–H and O–H groups in total. The van der Waals surface area contributed by atoms with Crippen LogP contribution in [0.15, 0.2) is 18.6 Å². The highest BCUT2D eigenvalue weighted by Crippen LogP contribution is 2.23. The molecule has 2 aromatic heterocycles. The average molecular weight is 305 g/mol. The van der Waals surface area contributed by atoms with Crippen LogP contribution in [0.4, 0.5) is 0 Å². The third-order valence-corrected chi connectivity index (χ3v) is 4.97. The predicted octanol–water partition coefficient (Wildman–Crippen LogP) is 1.56. The van der Waals surface area contributed by atoms with Gasteiger partial charge in [0.2, 0.25) is 0 Å². The molecule has 1 aliphatic rings. The quantitative estimate of drug-likeness (QED) is 0.934. The highest BCUT2D eigenvalue weighted by molar-refractivity contribution is 7.13. The lowest BCUT2D eigenvalue weighted by molar-refractivity contribution is 0.0539. The van der Waals surface area contributed by atoms with Crippen LogP contribution >= 0.6 is 11.3 Å². The molecule has 6 nitrogen and oxygen atoms in total. The molecular weight excluding hydrogens is 286 g/mol. The topological polar surface area (TPSA) is 65.1 Å². The molecule has 21 heavy (non-hydrogen) atoms. The molecule has 0 bridgehead atoms. The zero-order valence-corrected chi connectivity index (χ0v) is 13.1. The molecule has 2 aromatic rings. The van der Waals surface area contributed by atoms with Gasteiger partial charge >= 0.3 is 0 Å². The number of imidazole rings is 1. The van der Waals surface area contributed by atoms with Crippen molar-refractivity contribution in [3.63, 3.8) is 0 Å². The summed E-state index contributed by atoms with van der Waals surface area (Å²) in [7, 11) is 2.07. The first-order valence-electron chi connectivity index (χ1n) is 7.12. The summed E-state index contributed by atoms with van der Waals surface area (Å²) in [4.78, 5) is 29.2. The number of aromatic amines is 1. The Morgan fingerprint density at radius 3 is 3.00 bits per heavy atom. The molecule has 0 saturated carbocycles. The Hall–Kier alpha value is -1.73. The molecule has 0 spiro atoms. The van der Waals surface area contributed by atoms with Crippen molar-refractivity contribution in [2.24, 2.45) is 0 Å². The van der Waals surface area contributed by atoms with Crippen molar-refractivity contribution in [3.8, 4) is 0 Å². The first kappa shape index (κ1) is 14.2. The number of amides is 1. The van der Waals surface area contributed by atoms with Crippen molar-refractivity contribution in [3.05, 3.63) is 34.3 Å². The number of hydrogen-bond acceptors (Lipinski definition) is 5. The number of rotatable bonds is 3. The monoisotopic (exact) mass is 305 g/mol. The lowest BCUT2D eigenvalue weighted by Crippen LogP contribution is -2.49. The van der Waals surface area contributed by atoms with Gasteiger partial charge in [0.15, 0.2) is 0 Å². The van der Waals surface area contributed by atoms with E-state index in [2.05, 4.69) is 33.8 Å². The molecule has 7 heteroatoms. The van der Waals surface area contributed by atoms with E-state index in [0.29, 0.717) is 6.54 Å². The SMILES string of the molecule is CCc1ncc(C(=O)N2CCN(C)[C@H](c3ncc[nH]3)C2)s1. The van der Waals surface area contributed by atoms with Gasteiger partial charge in [-0.3, -0.25) is 9.69 Å². The van der Waals surface area contributed by atoms with E-state index in [9.17, 15) is 4.79 Å².